The molecule has 35 heavy (non-hydrogen) atoms. The number of carbonyl (C=O) groups excluding carboxylic acids is 5. The summed E-state index contributed by atoms with van der Waals surface area (Å²) in [5.74, 6) is -2.33. The van der Waals surface area contributed by atoms with Crippen LogP contribution < -0.4 is 10.6 Å². The van der Waals surface area contributed by atoms with Crippen LogP contribution in [0.4, 0.5) is 5.69 Å². The lowest BCUT2D eigenvalue weighted by Crippen LogP contribution is -2.54. The summed E-state index contributed by atoms with van der Waals surface area (Å²) in [6.07, 6.45) is 0.131. The molecule has 3 heterocycles. The number of aromatic amines is 1. The summed E-state index contributed by atoms with van der Waals surface area (Å²) in [6.45, 7) is 6.09. The molecule has 0 saturated carbocycles. The van der Waals surface area contributed by atoms with Gasteiger partial charge in [-0.3, -0.25) is 34.2 Å². The number of rotatable bonds is 4. The highest BCUT2D eigenvalue weighted by molar-refractivity contribution is 6.24. The van der Waals surface area contributed by atoms with Crippen LogP contribution in [-0.2, 0) is 9.59 Å². The van der Waals surface area contributed by atoms with Crippen LogP contribution in [0, 0.1) is 6.92 Å². The van der Waals surface area contributed by atoms with E-state index in [9.17, 15) is 24.0 Å². The lowest BCUT2D eigenvalue weighted by atomic mass is 10.0. The van der Waals surface area contributed by atoms with Crippen LogP contribution in [0.25, 0.3) is 10.9 Å². The first-order valence-electron chi connectivity index (χ1n) is 11.4. The van der Waals surface area contributed by atoms with E-state index < -0.39 is 29.7 Å². The second-order valence-corrected chi connectivity index (χ2v) is 9.25. The first-order valence-corrected chi connectivity index (χ1v) is 11.4. The summed E-state index contributed by atoms with van der Waals surface area (Å²) in [5.41, 5.74) is 3.86. The maximum absolute atomic E-state index is 13.1. The van der Waals surface area contributed by atoms with Gasteiger partial charge in [0.25, 0.3) is 17.7 Å². The first-order chi connectivity index (χ1) is 16.7. The van der Waals surface area contributed by atoms with Crippen LogP contribution in [-0.4, -0.2) is 45.5 Å². The van der Waals surface area contributed by atoms with Crippen molar-refractivity contribution >= 4 is 46.1 Å². The van der Waals surface area contributed by atoms with Crippen LogP contribution in [0.3, 0.4) is 0 Å². The number of imide groups is 2. The molecule has 0 radical (unpaired) electrons. The fourth-order valence-electron chi connectivity index (χ4n) is 4.67. The largest absolute Gasteiger partial charge is 0.350 e. The molecule has 178 valence electrons. The van der Waals surface area contributed by atoms with Crippen LogP contribution in [0.15, 0.2) is 36.4 Å². The zero-order valence-electron chi connectivity index (χ0n) is 19.5. The zero-order valence-corrected chi connectivity index (χ0v) is 19.5. The lowest BCUT2D eigenvalue weighted by molar-refractivity contribution is -0.136. The first kappa shape index (κ1) is 22.5. The van der Waals surface area contributed by atoms with Gasteiger partial charge in [-0.15, -0.1) is 0 Å². The average Bonchev–Trinajstić information content (AvgIpc) is 3.27. The molecule has 2 aromatic carbocycles. The van der Waals surface area contributed by atoms with Crippen molar-refractivity contribution in [3.8, 4) is 0 Å². The molecule has 1 saturated heterocycles. The Morgan fingerprint density at radius 1 is 1.03 bits per heavy atom. The fraction of sp³-hybridized carbons (Fsp3) is 0.269. The fourth-order valence-corrected chi connectivity index (χ4v) is 4.67. The van der Waals surface area contributed by atoms with E-state index in [4.69, 9.17) is 0 Å². The third-order valence-electron chi connectivity index (χ3n) is 6.67. The number of anilines is 1. The standard InChI is InChI=1S/C26H24N4O5/c1-12(2)14-4-7-19-17(10-14)13(3)22(28-19)24(33)27-15-5-6-16-18(11-15)26(35)30(25(16)34)20-8-9-21(31)29-23(20)32/h4-7,10-12,20,28H,8-9H2,1-3H3,(H,27,33)(H,29,31,32). The Morgan fingerprint density at radius 2 is 1.77 bits per heavy atom. The monoisotopic (exact) mass is 472 g/mol. The molecule has 2 aliphatic rings. The van der Waals surface area contributed by atoms with Crippen molar-refractivity contribution < 1.29 is 24.0 Å². The molecule has 1 unspecified atom stereocenters. The molecule has 0 spiro atoms. The summed E-state index contributed by atoms with van der Waals surface area (Å²) < 4.78 is 0. The number of amides is 5. The Hall–Kier alpha value is -4.27. The van der Waals surface area contributed by atoms with Gasteiger partial charge < -0.3 is 10.3 Å². The summed E-state index contributed by atoms with van der Waals surface area (Å²) in [6, 6.07) is 9.47. The molecular formula is C26H24N4O5. The Labute approximate surface area is 200 Å². The van der Waals surface area contributed by atoms with E-state index in [2.05, 4.69) is 35.5 Å². The maximum atomic E-state index is 13.1. The van der Waals surface area contributed by atoms with E-state index in [1.54, 1.807) is 6.07 Å². The molecule has 9 heteroatoms. The van der Waals surface area contributed by atoms with Crippen molar-refractivity contribution in [3.63, 3.8) is 0 Å². The third kappa shape index (κ3) is 3.69. The maximum Gasteiger partial charge on any atom is 0.272 e. The van der Waals surface area contributed by atoms with Gasteiger partial charge in [0.05, 0.1) is 11.1 Å². The van der Waals surface area contributed by atoms with Gasteiger partial charge in [0.15, 0.2) is 0 Å². The molecule has 9 nitrogen and oxygen atoms in total. The smallest absolute Gasteiger partial charge is 0.272 e. The van der Waals surface area contributed by atoms with Crippen LogP contribution in [0.1, 0.15) is 74.9 Å². The highest BCUT2D eigenvalue weighted by Gasteiger charge is 2.44. The van der Waals surface area contributed by atoms with Crippen LogP contribution in [0.2, 0.25) is 0 Å². The molecule has 2 aliphatic heterocycles. The normalized spacial score (nSPS) is 17.8. The number of piperidine rings is 1. The molecule has 0 bridgehead atoms. The van der Waals surface area contributed by atoms with Crippen LogP contribution in [0.5, 0.6) is 0 Å². The van der Waals surface area contributed by atoms with Gasteiger partial charge in [-0.2, -0.15) is 0 Å². The van der Waals surface area contributed by atoms with Crippen molar-refractivity contribution in [2.75, 3.05) is 5.32 Å². The number of nitrogens with zero attached hydrogens (tertiary/aromatic N) is 1. The molecule has 3 aromatic rings. The van der Waals surface area contributed by atoms with Gasteiger partial charge in [0.2, 0.25) is 11.8 Å². The quantitative estimate of drug-likeness (QED) is 0.502. The lowest BCUT2D eigenvalue weighted by Gasteiger charge is -2.27. The molecule has 3 N–H and O–H groups in total. The second kappa shape index (κ2) is 8.19. The van der Waals surface area contributed by atoms with Gasteiger partial charge in [0.1, 0.15) is 11.7 Å². The zero-order chi connectivity index (χ0) is 25.0. The number of aryl methyl sites for hydroxylation is 1. The Balaban J connectivity index is 1.40. The van der Waals surface area contributed by atoms with Gasteiger partial charge >= 0.3 is 0 Å². The van der Waals surface area contributed by atoms with Crippen molar-refractivity contribution in [1.82, 2.24) is 15.2 Å². The number of hydrogen-bond acceptors (Lipinski definition) is 5. The van der Waals surface area contributed by atoms with E-state index in [1.165, 1.54) is 17.7 Å². The average molecular weight is 473 g/mol. The molecular weight excluding hydrogens is 448 g/mol. The number of fused-ring (bicyclic) bond motifs is 2. The van der Waals surface area contributed by atoms with Crippen molar-refractivity contribution in [2.45, 2.75) is 45.6 Å². The van der Waals surface area contributed by atoms with Crippen molar-refractivity contribution in [1.29, 1.82) is 0 Å². The Morgan fingerprint density at radius 3 is 2.49 bits per heavy atom. The van der Waals surface area contributed by atoms with E-state index in [0.29, 0.717) is 17.3 Å². The minimum Gasteiger partial charge on any atom is -0.350 e. The minimum absolute atomic E-state index is 0.0492. The third-order valence-corrected chi connectivity index (χ3v) is 6.67. The minimum atomic E-state index is -1.04. The summed E-state index contributed by atoms with van der Waals surface area (Å²) >= 11 is 0. The number of nitrogens with one attached hydrogen (secondary N) is 3. The number of hydrogen-bond donors (Lipinski definition) is 3. The van der Waals surface area contributed by atoms with E-state index in [0.717, 1.165) is 21.4 Å². The summed E-state index contributed by atoms with van der Waals surface area (Å²) in [7, 11) is 0. The molecule has 5 amide bonds. The Kier molecular flexibility index (Phi) is 5.27. The molecule has 1 fully saturated rings. The molecule has 0 aliphatic carbocycles. The topological polar surface area (TPSA) is 128 Å². The van der Waals surface area contributed by atoms with Gasteiger partial charge in [-0.1, -0.05) is 19.9 Å². The van der Waals surface area contributed by atoms with Gasteiger partial charge in [0, 0.05) is 23.0 Å². The number of carbonyl (C=O) groups is 5. The van der Waals surface area contributed by atoms with Gasteiger partial charge in [-0.25, -0.2) is 0 Å². The highest BCUT2D eigenvalue weighted by Crippen LogP contribution is 2.30. The predicted octanol–water partition coefficient (Wildman–Crippen LogP) is 3.25. The second-order valence-electron chi connectivity index (χ2n) is 9.25. The van der Waals surface area contributed by atoms with Crippen molar-refractivity contribution in [2.24, 2.45) is 0 Å². The van der Waals surface area contributed by atoms with Crippen molar-refractivity contribution in [3.05, 3.63) is 64.3 Å². The molecule has 5 rings (SSSR count). The molecule has 1 atom stereocenters. The number of aromatic nitrogens is 1. The summed E-state index contributed by atoms with van der Waals surface area (Å²) in [5, 5.41) is 5.93. The van der Waals surface area contributed by atoms with E-state index in [1.807, 2.05) is 19.1 Å². The summed E-state index contributed by atoms with van der Waals surface area (Å²) in [4.78, 5) is 66.7. The number of benzene rings is 2. The molecule has 1 aromatic heterocycles. The highest BCUT2D eigenvalue weighted by atomic mass is 16.2. The predicted molar refractivity (Wildman–Crippen MR) is 128 cm³/mol. The SMILES string of the molecule is Cc1c(C(=O)Nc2ccc3c(c2)C(=O)N(C2CCC(=O)NC2=O)C3=O)[nH]c2ccc(C(C)C)cc12. The van der Waals surface area contributed by atoms with Crippen LogP contribution >= 0.6 is 0 Å². The number of H-pyrrole nitrogens is 1. The van der Waals surface area contributed by atoms with Gasteiger partial charge in [-0.05, 0) is 60.7 Å². The van der Waals surface area contributed by atoms with E-state index in [-0.39, 0.29) is 29.9 Å². The Bertz CT molecular complexity index is 1450. The van der Waals surface area contributed by atoms with E-state index >= 15 is 0 Å².